The summed E-state index contributed by atoms with van der Waals surface area (Å²) in [5, 5.41) is 0.355. The third kappa shape index (κ3) is 4.74. The van der Waals surface area contributed by atoms with Crippen molar-refractivity contribution in [2.45, 2.75) is 52.6 Å². The van der Waals surface area contributed by atoms with E-state index in [-0.39, 0.29) is 31.4 Å². The second-order valence-corrected chi connectivity index (χ2v) is 9.13. The molecule has 0 saturated carbocycles. The van der Waals surface area contributed by atoms with Crippen LogP contribution in [0.3, 0.4) is 0 Å². The zero-order chi connectivity index (χ0) is 20.5. The monoisotopic (exact) mass is 506 g/mol. The fraction of sp³-hybridized carbons (Fsp3) is 0.526. The number of ether oxygens (including phenoxy) is 1. The summed E-state index contributed by atoms with van der Waals surface area (Å²) >= 11 is 8.55. The van der Waals surface area contributed by atoms with Crippen LogP contribution in [0.2, 0.25) is 5.02 Å². The lowest BCUT2D eigenvalue weighted by molar-refractivity contribution is -0.144. The molecule has 8 heteroatoms. The summed E-state index contributed by atoms with van der Waals surface area (Å²) in [5.41, 5.74) is 0.219. The molecule has 0 bridgehead atoms. The Bertz CT molecular complexity index is 776. The van der Waals surface area contributed by atoms with E-state index in [4.69, 9.17) is 16.3 Å². The molecule has 0 spiro atoms. The Morgan fingerprint density at radius 3 is 2.52 bits per heavy atom. The number of carbonyl (C=O) groups excluding carboxylic acids is 3. The van der Waals surface area contributed by atoms with Crippen LogP contribution in [-0.2, 0) is 14.3 Å². The highest BCUT2D eigenvalue weighted by Crippen LogP contribution is 2.39. The quantitative estimate of drug-likeness (QED) is 0.459. The molecular formula is C19H24ClIN2O4. The standard InChI is InChI=1S/C19H24ClIN2O4/c1-6-27-16(25)7-11(2)22-10-15(24)23(19(3,4)5)17-13(18(22)26)8-12(21)9-14(17)20/h8-9,11H,6-7,10H2,1-5H3/t11-/m1/s1. The van der Waals surface area contributed by atoms with Gasteiger partial charge in [-0.1, -0.05) is 11.6 Å². The number of benzene rings is 1. The SMILES string of the molecule is CCOC(=O)C[C@@H](C)N1CC(=O)N(C(C)(C)C)c2c(Cl)cc(I)cc2C1=O. The van der Waals surface area contributed by atoms with E-state index in [1.54, 1.807) is 30.9 Å². The maximum atomic E-state index is 13.3. The molecule has 2 amide bonds. The van der Waals surface area contributed by atoms with Crippen molar-refractivity contribution in [1.82, 2.24) is 4.90 Å². The van der Waals surface area contributed by atoms with E-state index in [9.17, 15) is 14.4 Å². The minimum absolute atomic E-state index is 0.0232. The molecule has 1 atom stereocenters. The lowest BCUT2D eigenvalue weighted by Gasteiger charge is -2.36. The normalized spacial score (nSPS) is 16.1. The molecular weight excluding hydrogens is 483 g/mol. The Morgan fingerprint density at radius 2 is 1.96 bits per heavy atom. The predicted octanol–water partition coefficient (Wildman–Crippen LogP) is 3.87. The highest BCUT2D eigenvalue weighted by molar-refractivity contribution is 14.1. The smallest absolute Gasteiger partial charge is 0.307 e. The first-order chi connectivity index (χ1) is 12.5. The van der Waals surface area contributed by atoms with Crippen molar-refractivity contribution >= 4 is 57.7 Å². The molecule has 0 N–H and O–H groups in total. The molecule has 1 heterocycles. The van der Waals surface area contributed by atoms with Gasteiger partial charge < -0.3 is 14.5 Å². The summed E-state index contributed by atoms with van der Waals surface area (Å²) in [6.45, 7) is 9.29. The summed E-state index contributed by atoms with van der Waals surface area (Å²) in [6, 6.07) is 2.98. The Hall–Kier alpha value is -1.35. The first kappa shape index (κ1) is 21.9. The summed E-state index contributed by atoms with van der Waals surface area (Å²) in [4.78, 5) is 41.2. The third-order valence-electron chi connectivity index (χ3n) is 4.27. The van der Waals surface area contributed by atoms with E-state index in [0.717, 1.165) is 3.57 Å². The number of carbonyl (C=O) groups is 3. The van der Waals surface area contributed by atoms with Gasteiger partial charge in [0.05, 0.1) is 29.3 Å². The predicted molar refractivity (Wildman–Crippen MR) is 113 cm³/mol. The van der Waals surface area contributed by atoms with Gasteiger partial charge in [0.25, 0.3) is 5.91 Å². The van der Waals surface area contributed by atoms with Crippen LogP contribution >= 0.6 is 34.2 Å². The van der Waals surface area contributed by atoms with E-state index in [1.165, 1.54) is 4.90 Å². The van der Waals surface area contributed by atoms with Crippen molar-refractivity contribution in [2.24, 2.45) is 0 Å². The van der Waals surface area contributed by atoms with Crippen molar-refractivity contribution in [1.29, 1.82) is 0 Å². The van der Waals surface area contributed by atoms with Crippen molar-refractivity contribution in [3.05, 3.63) is 26.3 Å². The number of hydrogen-bond donors (Lipinski definition) is 0. The number of amides is 2. The number of halogens is 2. The number of hydrogen-bond acceptors (Lipinski definition) is 4. The van der Waals surface area contributed by atoms with E-state index < -0.39 is 17.6 Å². The van der Waals surface area contributed by atoms with Crippen LogP contribution in [0.15, 0.2) is 12.1 Å². The number of esters is 1. The first-order valence-corrected chi connectivity index (χ1v) is 10.2. The van der Waals surface area contributed by atoms with E-state index in [2.05, 4.69) is 22.6 Å². The average molecular weight is 507 g/mol. The van der Waals surface area contributed by atoms with Gasteiger partial charge in [-0.3, -0.25) is 14.4 Å². The van der Waals surface area contributed by atoms with Crippen molar-refractivity contribution in [3.63, 3.8) is 0 Å². The second-order valence-electron chi connectivity index (χ2n) is 7.47. The molecule has 2 rings (SSSR count). The zero-order valence-corrected chi connectivity index (χ0v) is 19.1. The van der Waals surface area contributed by atoms with Crippen LogP contribution < -0.4 is 4.90 Å². The van der Waals surface area contributed by atoms with Crippen LogP contribution in [0.5, 0.6) is 0 Å². The molecule has 0 unspecified atom stereocenters. The van der Waals surface area contributed by atoms with Gasteiger partial charge in [0.15, 0.2) is 0 Å². The minimum Gasteiger partial charge on any atom is -0.466 e. The van der Waals surface area contributed by atoms with E-state index in [0.29, 0.717) is 16.3 Å². The molecule has 27 heavy (non-hydrogen) atoms. The van der Waals surface area contributed by atoms with Gasteiger partial charge in [-0.2, -0.15) is 0 Å². The third-order valence-corrected chi connectivity index (χ3v) is 5.18. The lowest BCUT2D eigenvalue weighted by atomic mass is 10.0. The first-order valence-electron chi connectivity index (χ1n) is 8.76. The Morgan fingerprint density at radius 1 is 1.33 bits per heavy atom. The van der Waals surface area contributed by atoms with Gasteiger partial charge >= 0.3 is 5.97 Å². The molecule has 0 saturated heterocycles. The topological polar surface area (TPSA) is 66.9 Å². The molecule has 0 aromatic heterocycles. The van der Waals surface area contributed by atoms with Crippen LogP contribution in [-0.4, -0.2) is 47.4 Å². The number of fused-ring (bicyclic) bond motifs is 1. The summed E-state index contributed by atoms with van der Waals surface area (Å²) in [7, 11) is 0. The molecule has 0 aliphatic carbocycles. The van der Waals surface area contributed by atoms with Gasteiger partial charge in [-0.05, 0) is 69.3 Å². The Labute approximate surface area is 178 Å². The highest BCUT2D eigenvalue weighted by Gasteiger charge is 2.40. The van der Waals surface area contributed by atoms with Crippen molar-refractivity contribution in [3.8, 4) is 0 Å². The van der Waals surface area contributed by atoms with Gasteiger partial charge in [-0.15, -0.1) is 0 Å². The Kier molecular flexibility index (Phi) is 6.78. The number of nitrogens with zero attached hydrogens (tertiary/aromatic N) is 2. The maximum absolute atomic E-state index is 13.3. The average Bonchev–Trinajstić information content (AvgIpc) is 2.63. The van der Waals surface area contributed by atoms with Gasteiger partial charge in [0.2, 0.25) is 5.91 Å². The van der Waals surface area contributed by atoms with Crippen LogP contribution in [0.4, 0.5) is 5.69 Å². The van der Waals surface area contributed by atoms with Crippen LogP contribution in [0.25, 0.3) is 0 Å². The molecule has 1 aliphatic rings. The fourth-order valence-electron chi connectivity index (χ4n) is 3.16. The maximum Gasteiger partial charge on any atom is 0.307 e. The number of anilines is 1. The molecule has 148 valence electrons. The second kappa shape index (κ2) is 8.34. The van der Waals surface area contributed by atoms with Crippen LogP contribution in [0, 0.1) is 3.57 Å². The summed E-state index contributed by atoms with van der Waals surface area (Å²) in [5.74, 6) is -0.959. The van der Waals surface area contributed by atoms with Gasteiger partial charge in [0.1, 0.15) is 6.54 Å². The highest BCUT2D eigenvalue weighted by atomic mass is 127. The van der Waals surface area contributed by atoms with Crippen molar-refractivity contribution in [2.75, 3.05) is 18.1 Å². The lowest BCUT2D eigenvalue weighted by Crippen LogP contribution is -2.50. The largest absolute Gasteiger partial charge is 0.466 e. The summed E-state index contributed by atoms with van der Waals surface area (Å²) < 4.78 is 5.78. The zero-order valence-electron chi connectivity index (χ0n) is 16.1. The molecule has 1 aromatic rings. The van der Waals surface area contributed by atoms with Crippen LogP contribution in [0.1, 0.15) is 51.4 Å². The number of rotatable bonds is 4. The summed E-state index contributed by atoms with van der Waals surface area (Å²) in [6.07, 6.45) is 0.0232. The molecule has 6 nitrogen and oxygen atoms in total. The van der Waals surface area contributed by atoms with Crippen molar-refractivity contribution < 1.29 is 19.1 Å². The molecule has 1 aliphatic heterocycles. The molecule has 0 fully saturated rings. The van der Waals surface area contributed by atoms with E-state index in [1.807, 2.05) is 20.8 Å². The molecule has 1 aromatic carbocycles. The fourth-order valence-corrected chi connectivity index (χ4v) is 4.27. The van der Waals surface area contributed by atoms with Gasteiger partial charge in [0, 0.05) is 15.2 Å². The van der Waals surface area contributed by atoms with E-state index >= 15 is 0 Å². The van der Waals surface area contributed by atoms with Gasteiger partial charge in [-0.25, -0.2) is 0 Å². The Balaban J connectivity index is 2.55. The minimum atomic E-state index is -0.567. The molecule has 0 radical (unpaired) electrons.